The number of H-pyrrole nitrogens is 1. The highest BCUT2D eigenvalue weighted by Gasteiger charge is 2.04. The van der Waals surface area contributed by atoms with Crippen molar-refractivity contribution < 1.29 is 4.74 Å². The third-order valence-corrected chi connectivity index (χ3v) is 2.82. The Kier molecular flexibility index (Phi) is 2.37. The number of imidazole rings is 1. The van der Waals surface area contributed by atoms with Crippen molar-refractivity contribution in [3.8, 4) is 17.0 Å². The van der Waals surface area contributed by atoms with Crippen LogP contribution in [0.25, 0.3) is 16.8 Å². The summed E-state index contributed by atoms with van der Waals surface area (Å²) in [6.45, 7) is 0. The highest BCUT2D eigenvalue weighted by Crippen LogP contribution is 2.19. The maximum Gasteiger partial charge on any atom is 0.274 e. The van der Waals surface area contributed by atoms with Crippen LogP contribution in [0.4, 0.5) is 0 Å². The second kappa shape index (κ2) is 4.03. The molecule has 0 aliphatic carbocycles. The molecular weight excluding hydrogens is 230 g/mol. The van der Waals surface area contributed by atoms with Crippen molar-refractivity contribution in [2.24, 2.45) is 0 Å². The zero-order chi connectivity index (χ0) is 12.5. The predicted molar refractivity (Wildman–Crippen MR) is 67.8 cm³/mol. The van der Waals surface area contributed by atoms with Crippen LogP contribution in [0, 0.1) is 0 Å². The lowest BCUT2D eigenvalue weighted by molar-refractivity contribution is 0.415. The summed E-state index contributed by atoms with van der Waals surface area (Å²) in [5.74, 6) is 0.782. The van der Waals surface area contributed by atoms with Crippen molar-refractivity contribution in [3.05, 3.63) is 53.3 Å². The fourth-order valence-corrected chi connectivity index (χ4v) is 1.86. The number of hydrogen-bond donors (Lipinski definition) is 1. The molecule has 0 saturated heterocycles. The molecule has 0 unspecified atom stereocenters. The molecule has 1 N–H and O–H groups in total. The summed E-state index contributed by atoms with van der Waals surface area (Å²) in [5.41, 5.74) is 2.05. The van der Waals surface area contributed by atoms with Crippen LogP contribution in [0.1, 0.15) is 0 Å². The van der Waals surface area contributed by atoms with E-state index in [1.807, 2.05) is 30.5 Å². The molecule has 0 bridgehead atoms. The number of benzene rings is 1. The smallest absolute Gasteiger partial charge is 0.274 e. The molecule has 0 spiro atoms. The van der Waals surface area contributed by atoms with E-state index in [-0.39, 0.29) is 5.56 Å². The molecule has 3 aromatic rings. The summed E-state index contributed by atoms with van der Waals surface area (Å²) in [7, 11) is 1.62. The topological polar surface area (TPSA) is 59.4 Å². The molecule has 0 atom stereocenters. The standard InChI is InChI=1S/C13H11N3O2/c1-18-10-4-2-9(3-5-10)11-7-16-8-14-6-12(16)13(17)15-11/h2-8H,1H3,(H,15,17). The molecule has 2 aromatic heterocycles. The maximum atomic E-state index is 11.8. The monoisotopic (exact) mass is 241 g/mol. The van der Waals surface area contributed by atoms with E-state index >= 15 is 0 Å². The summed E-state index contributed by atoms with van der Waals surface area (Å²) < 4.78 is 6.81. The Morgan fingerprint density at radius 2 is 2.06 bits per heavy atom. The molecule has 2 heterocycles. The Morgan fingerprint density at radius 3 is 2.78 bits per heavy atom. The van der Waals surface area contributed by atoms with Gasteiger partial charge in [-0.05, 0) is 29.8 Å². The van der Waals surface area contributed by atoms with Crippen LogP contribution in [-0.2, 0) is 0 Å². The van der Waals surface area contributed by atoms with Gasteiger partial charge in [-0.3, -0.25) is 9.20 Å². The van der Waals surface area contributed by atoms with E-state index in [0.29, 0.717) is 5.52 Å². The Balaban J connectivity index is 2.15. The lowest BCUT2D eigenvalue weighted by atomic mass is 10.1. The highest BCUT2D eigenvalue weighted by atomic mass is 16.5. The minimum Gasteiger partial charge on any atom is -0.497 e. The average Bonchev–Trinajstić information content (AvgIpc) is 2.88. The molecule has 0 aliphatic heterocycles. The largest absolute Gasteiger partial charge is 0.497 e. The van der Waals surface area contributed by atoms with Crippen LogP contribution in [-0.4, -0.2) is 21.5 Å². The van der Waals surface area contributed by atoms with Gasteiger partial charge in [0.25, 0.3) is 5.56 Å². The molecule has 1 aromatic carbocycles. The van der Waals surface area contributed by atoms with Gasteiger partial charge in [0.1, 0.15) is 11.3 Å². The lowest BCUT2D eigenvalue weighted by Gasteiger charge is -2.04. The summed E-state index contributed by atoms with van der Waals surface area (Å²) in [4.78, 5) is 18.6. The third kappa shape index (κ3) is 1.66. The molecule has 0 aliphatic rings. The summed E-state index contributed by atoms with van der Waals surface area (Å²) >= 11 is 0. The van der Waals surface area contributed by atoms with Crippen LogP contribution in [0.15, 0.2) is 47.8 Å². The van der Waals surface area contributed by atoms with E-state index < -0.39 is 0 Å². The zero-order valence-electron chi connectivity index (χ0n) is 9.75. The first-order chi connectivity index (χ1) is 8.78. The Hall–Kier alpha value is -2.56. The van der Waals surface area contributed by atoms with Gasteiger partial charge >= 0.3 is 0 Å². The van der Waals surface area contributed by atoms with Gasteiger partial charge in [-0.25, -0.2) is 4.98 Å². The van der Waals surface area contributed by atoms with Crippen molar-refractivity contribution in [3.63, 3.8) is 0 Å². The van der Waals surface area contributed by atoms with Gasteiger partial charge in [-0.2, -0.15) is 0 Å². The second-order valence-corrected chi connectivity index (χ2v) is 3.91. The van der Waals surface area contributed by atoms with E-state index in [4.69, 9.17) is 4.74 Å². The van der Waals surface area contributed by atoms with E-state index in [0.717, 1.165) is 17.0 Å². The van der Waals surface area contributed by atoms with Crippen molar-refractivity contribution in [2.75, 3.05) is 7.11 Å². The first-order valence-corrected chi connectivity index (χ1v) is 5.47. The number of rotatable bonds is 2. The number of methoxy groups -OCH3 is 1. The number of nitrogens with one attached hydrogen (secondary N) is 1. The number of aromatic amines is 1. The Morgan fingerprint density at radius 1 is 1.28 bits per heavy atom. The molecule has 5 heteroatoms. The van der Waals surface area contributed by atoms with Gasteiger partial charge in [-0.15, -0.1) is 0 Å². The van der Waals surface area contributed by atoms with Gasteiger partial charge in [0.05, 0.1) is 25.3 Å². The minimum atomic E-state index is -0.152. The van der Waals surface area contributed by atoms with Gasteiger partial charge in [-0.1, -0.05) is 0 Å². The summed E-state index contributed by atoms with van der Waals surface area (Å²) in [6.07, 6.45) is 4.99. The number of fused-ring (bicyclic) bond motifs is 1. The maximum absolute atomic E-state index is 11.8. The third-order valence-electron chi connectivity index (χ3n) is 2.82. The van der Waals surface area contributed by atoms with E-state index in [1.165, 1.54) is 6.20 Å². The Labute approximate surface area is 103 Å². The molecule has 5 nitrogen and oxygen atoms in total. The van der Waals surface area contributed by atoms with Crippen LogP contribution in [0.3, 0.4) is 0 Å². The molecule has 3 rings (SSSR count). The van der Waals surface area contributed by atoms with Crippen molar-refractivity contribution in [1.82, 2.24) is 14.4 Å². The molecule has 18 heavy (non-hydrogen) atoms. The van der Waals surface area contributed by atoms with Crippen LogP contribution >= 0.6 is 0 Å². The lowest BCUT2D eigenvalue weighted by Crippen LogP contribution is -2.09. The second-order valence-electron chi connectivity index (χ2n) is 3.91. The molecule has 0 saturated carbocycles. The number of nitrogens with zero attached hydrogens (tertiary/aromatic N) is 2. The fourth-order valence-electron chi connectivity index (χ4n) is 1.86. The first-order valence-electron chi connectivity index (χ1n) is 5.47. The zero-order valence-corrected chi connectivity index (χ0v) is 9.75. The van der Waals surface area contributed by atoms with E-state index in [2.05, 4.69) is 9.97 Å². The predicted octanol–water partition coefficient (Wildman–Crippen LogP) is 1.70. The molecule has 0 amide bonds. The normalized spacial score (nSPS) is 10.7. The minimum absolute atomic E-state index is 0.152. The SMILES string of the molecule is COc1ccc(-c2cn3cncc3c(=O)[nH]2)cc1. The Bertz CT molecular complexity index is 741. The van der Waals surface area contributed by atoms with Crippen LogP contribution in [0.5, 0.6) is 5.75 Å². The van der Waals surface area contributed by atoms with Gasteiger partial charge in [0, 0.05) is 6.20 Å². The fraction of sp³-hybridized carbons (Fsp3) is 0.0769. The molecule has 0 fully saturated rings. The van der Waals surface area contributed by atoms with Crippen molar-refractivity contribution >= 4 is 5.52 Å². The summed E-state index contributed by atoms with van der Waals surface area (Å²) in [6, 6.07) is 7.50. The number of ether oxygens (including phenoxy) is 1. The molecule has 0 radical (unpaired) electrons. The van der Waals surface area contributed by atoms with Crippen molar-refractivity contribution in [1.29, 1.82) is 0 Å². The molecular formula is C13H11N3O2. The number of hydrogen-bond acceptors (Lipinski definition) is 3. The van der Waals surface area contributed by atoms with E-state index in [9.17, 15) is 4.79 Å². The first kappa shape index (κ1) is 10.6. The molecule has 90 valence electrons. The van der Waals surface area contributed by atoms with Crippen LogP contribution in [0.2, 0.25) is 0 Å². The van der Waals surface area contributed by atoms with Crippen molar-refractivity contribution in [2.45, 2.75) is 0 Å². The highest BCUT2D eigenvalue weighted by molar-refractivity contribution is 5.61. The van der Waals surface area contributed by atoms with Gasteiger partial charge in [0.2, 0.25) is 0 Å². The summed E-state index contributed by atoms with van der Waals surface area (Å²) in [5, 5.41) is 0. The van der Waals surface area contributed by atoms with E-state index in [1.54, 1.807) is 17.8 Å². The number of aromatic nitrogens is 3. The van der Waals surface area contributed by atoms with Gasteiger partial charge in [0.15, 0.2) is 0 Å². The van der Waals surface area contributed by atoms with Crippen LogP contribution < -0.4 is 10.3 Å². The van der Waals surface area contributed by atoms with Gasteiger partial charge < -0.3 is 9.72 Å². The average molecular weight is 241 g/mol. The quantitative estimate of drug-likeness (QED) is 0.742.